The second-order valence-corrected chi connectivity index (χ2v) is 8.68. The first-order valence-corrected chi connectivity index (χ1v) is 10.1. The summed E-state index contributed by atoms with van der Waals surface area (Å²) in [7, 11) is 1.68. The highest BCUT2D eigenvalue weighted by molar-refractivity contribution is 6.34. The number of fused-ring (bicyclic) bond motifs is 2. The molecule has 0 bridgehead atoms. The third kappa shape index (κ3) is 2.98. The van der Waals surface area contributed by atoms with Crippen LogP contribution in [0.25, 0.3) is 11.0 Å². The fourth-order valence-corrected chi connectivity index (χ4v) is 4.97. The van der Waals surface area contributed by atoms with E-state index in [9.17, 15) is 9.59 Å². The molecule has 1 aromatic heterocycles. The van der Waals surface area contributed by atoms with E-state index < -0.39 is 5.54 Å². The van der Waals surface area contributed by atoms with Gasteiger partial charge in [0.05, 0.1) is 11.0 Å². The maximum absolute atomic E-state index is 12.4. The third-order valence-corrected chi connectivity index (χ3v) is 6.42. The largest absolute Gasteiger partial charge is 0.342 e. The number of carbonyl (C=O) groups excluding carboxylic acids is 2. The van der Waals surface area contributed by atoms with Crippen molar-refractivity contribution in [3.8, 4) is 0 Å². The van der Waals surface area contributed by atoms with Gasteiger partial charge < -0.3 is 9.88 Å². The van der Waals surface area contributed by atoms with Gasteiger partial charge in [0.2, 0.25) is 0 Å². The quantitative estimate of drug-likeness (QED) is 0.624. The number of hydrogen-bond donors (Lipinski definition) is 2. The van der Waals surface area contributed by atoms with Gasteiger partial charge in [-0.1, -0.05) is 23.2 Å². The molecule has 5 rings (SSSR count). The number of rotatable bonds is 3. The van der Waals surface area contributed by atoms with Crippen LogP contribution in [0.4, 0.5) is 4.79 Å². The molecule has 1 fully saturated rings. The molecule has 29 heavy (non-hydrogen) atoms. The molecule has 6 nitrogen and oxygen atoms in total. The average Bonchev–Trinajstić information content (AvgIpc) is 3.28. The molecule has 148 valence electrons. The molecule has 1 saturated heterocycles. The van der Waals surface area contributed by atoms with Crippen molar-refractivity contribution in [3.05, 3.63) is 62.9 Å². The van der Waals surface area contributed by atoms with E-state index in [2.05, 4.69) is 16.4 Å². The first-order valence-electron chi connectivity index (χ1n) is 9.39. The molecule has 1 spiro atoms. The van der Waals surface area contributed by atoms with E-state index in [1.54, 1.807) is 13.1 Å². The molecule has 0 saturated carbocycles. The number of nitrogens with zero attached hydrogens (tertiary/aromatic N) is 2. The number of benzene rings is 2. The monoisotopic (exact) mass is 428 g/mol. The summed E-state index contributed by atoms with van der Waals surface area (Å²) in [5.74, 6) is 0.666. The smallest absolute Gasteiger partial charge is 0.324 e. The number of aromatic nitrogens is 2. The first kappa shape index (κ1) is 18.5. The van der Waals surface area contributed by atoms with Crippen LogP contribution in [0.3, 0.4) is 0 Å². The zero-order valence-corrected chi connectivity index (χ0v) is 17.2. The molecule has 1 aliphatic heterocycles. The predicted octanol–water partition coefficient (Wildman–Crippen LogP) is 3.67. The van der Waals surface area contributed by atoms with Crippen LogP contribution in [-0.2, 0) is 30.5 Å². The number of aromatic amines is 1. The van der Waals surface area contributed by atoms with Gasteiger partial charge in [-0.3, -0.25) is 10.1 Å². The second kappa shape index (κ2) is 6.47. The molecule has 2 aliphatic rings. The number of H-pyrrole nitrogens is 1. The van der Waals surface area contributed by atoms with Crippen LogP contribution in [0.5, 0.6) is 0 Å². The van der Waals surface area contributed by atoms with E-state index in [-0.39, 0.29) is 11.9 Å². The summed E-state index contributed by atoms with van der Waals surface area (Å²) in [5, 5.41) is 3.68. The van der Waals surface area contributed by atoms with E-state index in [4.69, 9.17) is 28.2 Å². The Morgan fingerprint density at radius 2 is 1.72 bits per heavy atom. The number of likely N-dealkylation sites (N-methyl/N-ethyl adjacent to an activating group) is 1. The normalized spacial score (nSPS) is 17.4. The van der Waals surface area contributed by atoms with Crippen LogP contribution >= 0.6 is 23.2 Å². The van der Waals surface area contributed by atoms with Gasteiger partial charge >= 0.3 is 6.03 Å². The lowest BCUT2D eigenvalue weighted by Gasteiger charge is -2.27. The Labute approximate surface area is 177 Å². The average molecular weight is 429 g/mol. The van der Waals surface area contributed by atoms with Crippen LogP contribution in [-0.4, -0.2) is 39.4 Å². The minimum Gasteiger partial charge on any atom is -0.342 e. The van der Waals surface area contributed by atoms with Crippen LogP contribution in [0.15, 0.2) is 30.3 Å². The highest BCUT2D eigenvalue weighted by Crippen LogP contribution is 2.38. The fraction of sp³-hybridized carbons (Fsp3) is 0.286. The van der Waals surface area contributed by atoms with E-state index in [0.717, 1.165) is 46.4 Å². The molecular formula is C21H18Cl2N4O2. The summed E-state index contributed by atoms with van der Waals surface area (Å²) >= 11 is 12.1. The van der Waals surface area contributed by atoms with Gasteiger partial charge in [-0.25, -0.2) is 9.78 Å². The summed E-state index contributed by atoms with van der Waals surface area (Å²) in [5.41, 5.74) is 4.19. The summed E-state index contributed by atoms with van der Waals surface area (Å²) in [4.78, 5) is 34.0. The zero-order valence-electron chi connectivity index (χ0n) is 15.7. The Kier molecular flexibility index (Phi) is 4.12. The SMILES string of the molecule is CN1C(=O)NC(=O)C12Cc1cc3nc(CCc4cc(Cl)cc(Cl)c4)[nH]c3cc1C2. The topological polar surface area (TPSA) is 78.1 Å². The molecule has 2 heterocycles. The van der Waals surface area contributed by atoms with Gasteiger partial charge in [0.25, 0.3) is 5.91 Å². The molecule has 1 atom stereocenters. The lowest BCUT2D eigenvalue weighted by molar-refractivity contribution is -0.125. The van der Waals surface area contributed by atoms with Gasteiger partial charge in [-0.05, 0) is 53.4 Å². The zero-order chi connectivity index (χ0) is 20.3. The number of halogens is 2. The molecule has 3 amide bonds. The number of nitrogens with one attached hydrogen (secondary N) is 2. The summed E-state index contributed by atoms with van der Waals surface area (Å²) in [6.07, 6.45) is 2.53. The van der Waals surface area contributed by atoms with Gasteiger partial charge in [-0.15, -0.1) is 0 Å². The predicted molar refractivity (Wildman–Crippen MR) is 111 cm³/mol. The number of aryl methyl sites for hydroxylation is 2. The molecule has 3 aromatic rings. The Hall–Kier alpha value is -2.57. The van der Waals surface area contributed by atoms with E-state index in [1.807, 2.05) is 18.2 Å². The maximum atomic E-state index is 12.4. The van der Waals surface area contributed by atoms with Crippen molar-refractivity contribution in [1.29, 1.82) is 0 Å². The Bertz CT molecular complexity index is 1120. The molecule has 1 unspecified atom stereocenters. The Morgan fingerprint density at radius 1 is 1.03 bits per heavy atom. The Balaban J connectivity index is 1.39. The third-order valence-electron chi connectivity index (χ3n) is 5.98. The van der Waals surface area contributed by atoms with Crippen LogP contribution < -0.4 is 5.32 Å². The van der Waals surface area contributed by atoms with Crippen LogP contribution in [0.1, 0.15) is 22.5 Å². The molecule has 0 radical (unpaired) electrons. The highest BCUT2D eigenvalue weighted by atomic mass is 35.5. The number of imidazole rings is 1. The van der Waals surface area contributed by atoms with Gasteiger partial charge in [0.15, 0.2) is 0 Å². The van der Waals surface area contributed by atoms with Crippen LogP contribution in [0, 0.1) is 0 Å². The Morgan fingerprint density at radius 3 is 2.38 bits per heavy atom. The van der Waals surface area contributed by atoms with Crippen molar-refractivity contribution in [3.63, 3.8) is 0 Å². The highest BCUT2D eigenvalue weighted by Gasteiger charge is 2.54. The summed E-state index contributed by atoms with van der Waals surface area (Å²) in [6.45, 7) is 0. The number of imide groups is 1. The van der Waals surface area contributed by atoms with Crippen molar-refractivity contribution >= 4 is 46.2 Å². The standard InChI is InChI=1S/C21H18Cl2N4O2/c1-27-20(29)26-19(28)21(27)9-12-6-16-17(7-13(12)10-21)25-18(24-16)3-2-11-4-14(22)8-15(23)5-11/h4-8H,2-3,9-10H2,1H3,(H,24,25)(H,26,28,29). The summed E-state index contributed by atoms with van der Waals surface area (Å²) < 4.78 is 0. The first-order chi connectivity index (χ1) is 13.8. The minimum absolute atomic E-state index is 0.223. The lowest BCUT2D eigenvalue weighted by atomic mass is 9.95. The van der Waals surface area contributed by atoms with Crippen molar-refractivity contribution < 1.29 is 9.59 Å². The summed E-state index contributed by atoms with van der Waals surface area (Å²) in [6, 6.07) is 9.28. The van der Waals surface area contributed by atoms with E-state index in [1.165, 1.54) is 4.90 Å². The van der Waals surface area contributed by atoms with Crippen molar-refractivity contribution in [1.82, 2.24) is 20.2 Å². The van der Waals surface area contributed by atoms with Crippen LogP contribution in [0.2, 0.25) is 10.0 Å². The van der Waals surface area contributed by atoms with E-state index in [0.29, 0.717) is 22.9 Å². The van der Waals surface area contributed by atoms with Crippen molar-refractivity contribution in [2.45, 2.75) is 31.2 Å². The van der Waals surface area contributed by atoms with Crippen molar-refractivity contribution in [2.24, 2.45) is 0 Å². The molecule has 2 N–H and O–H groups in total. The fourth-order valence-electron chi connectivity index (χ4n) is 4.40. The van der Waals surface area contributed by atoms with Crippen molar-refractivity contribution in [2.75, 3.05) is 7.05 Å². The maximum Gasteiger partial charge on any atom is 0.324 e. The van der Waals surface area contributed by atoms with Gasteiger partial charge in [-0.2, -0.15) is 0 Å². The molecule has 8 heteroatoms. The van der Waals surface area contributed by atoms with Gasteiger partial charge in [0, 0.05) is 36.4 Å². The second-order valence-electron chi connectivity index (χ2n) is 7.80. The molecular weight excluding hydrogens is 411 g/mol. The van der Waals surface area contributed by atoms with E-state index >= 15 is 0 Å². The molecule has 1 aliphatic carbocycles. The van der Waals surface area contributed by atoms with Gasteiger partial charge in [0.1, 0.15) is 11.4 Å². The number of amides is 3. The lowest BCUT2D eigenvalue weighted by Crippen LogP contribution is -2.48. The number of urea groups is 1. The number of hydrogen-bond acceptors (Lipinski definition) is 3. The minimum atomic E-state index is -0.813. The number of carbonyl (C=O) groups is 2. The molecule has 2 aromatic carbocycles.